The molecule has 0 unspecified atom stereocenters. The van der Waals surface area contributed by atoms with Gasteiger partial charge in [-0.05, 0) is 39.0 Å². The van der Waals surface area contributed by atoms with Gasteiger partial charge in [-0.2, -0.15) is 0 Å². The Labute approximate surface area is 159 Å². The fraction of sp³-hybridized carbons (Fsp3) is 0.526. The topological polar surface area (TPSA) is 85.4 Å². The van der Waals surface area contributed by atoms with Crippen molar-refractivity contribution in [3.05, 3.63) is 29.3 Å². The second kappa shape index (κ2) is 8.28. The van der Waals surface area contributed by atoms with E-state index in [2.05, 4.69) is 0 Å². The minimum absolute atomic E-state index is 0.149. The first-order valence-corrected chi connectivity index (χ1v) is 8.70. The summed E-state index contributed by atoms with van der Waals surface area (Å²) in [5.74, 6) is -1.21. The van der Waals surface area contributed by atoms with E-state index in [-0.39, 0.29) is 17.2 Å². The molecule has 0 aromatic heterocycles. The van der Waals surface area contributed by atoms with E-state index >= 15 is 0 Å². The molecule has 8 heteroatoms. The summed E-state index contributed by atoms with van der Waals surface area (Å²) in [6.07, 6.45) is -0.335. The van der Waals surface area contributed by atoms with Crippen LogP contribution in [0.1, 0.15) is 41.5 Å². The van der Waals surface area contributed by atoms with Crippen molar-refractivity contribution >= 4 is 23.7 Å². The molecule has 0 N–H and O–H groups in total. The van der Waals surface area contributed by atoms with Crippen LogP contribution in [0.3, 0.4) is 0 Å². The van der Waals surface area contributed by atoms with E-state index in [1.807, 2.05) is 25.7 Å². The number of methoxy groups -OCH3 is 2. The van der Waals surface area contributed by atoms with Crippen molar-refractivity contribution in [1.29, 1.82) is 0 Å². The summed E-state index contributed by atoms with van der Waals surface area (Å²) in [4.78, 5) is 39.8. The first kappa shape index (κ1) is 20.5. The first-order valence-electron chi connectivity index (χ1n) is 8.70. The lowest BCUT2D eigenvalue weighted by Gasteiger charge is -2.36. The molecule has 1 saturated heterocycles. The van der Waals surface area contributed by atoms with Gasteiger partial charge in [0.15, 0.2) is 0 Å². The highest BCUT2D eigenvalue weighted by Crippen LogP contribution is 2.23. The minimum Gasteiger partial charge on any atom is -0.465 e. The van der Waals surface area contributed by atoms with Crippen LogP contribution in [0.4, 0.5) is 10.5 Å². The third kappa shape index (κ3) is 5.12. The zero-order valence-electron chi connectivity index (χ0n) is 16.4. The van der Waals surface area contributed by atoms with E-state index in [0.29, 0.717) is 26.2 Å². The van der Waals surface area contributed by atoms with Gasteiger partial charge in [-0.15, -0.1) is 0 Å². The van der Waals surface area contributed by atoms with Crippen molar-refractivity contribution in [1.82, 2.24) is 4.90 Å². The van der Waals surface area contributed by atoms with Crippen LogP contribution in [0, 0.1) is 0 Å². The largest absolute Gasteiger partial charge is 0.465 e. The van der Waals surface area contributed by atoms with E-state index in [0.717, 1.165) is 5.69 Å². The molecule has 1 fully saturated rings. The van der Waals surface area contributed by atoms with E-state index in [1.54, 1.807) is 23.1 Å². The molecule has 0 bridgehead atoms. The van der Waals surface area contributed by atoms with Crippen LogP contribution in [0.15, 0.2) is 18.2 Å². The van der Waals surface area contributed by atoms with Crippen LogP contribution in [0.25, 0.3) is 0 Å². The number of carbonyl (C=O) groups excluding carboxylic acids is 3. The average molecular weight is 378 g/mol. The predicted octanol–water partition coefficient (Wildman–Crippen LogP) is 2.32. The third-order valence-corrected chi connectivity index (χ3v) is 4.11. The highest BCUT2D eigenvalue weighted by Gasteiger charge is 2.27. The zero-order valence-corrected chi connectivity index (χ0v) is 16.4. The molecule has 1 aliphatic rings. The highest BCUT2D eigenvalue weighted by molar-refractivity contribution is 6.03. The minimum atomic E-state index is -0.607. The van der Waals surface area contributed by atoms with Gasteiger partial charge >= 0.3 is 18.0 Å². The lowest BCUT2D eigenvalue weighted by molar-refractivity contribution is 0.0240. The highest BCUT2D eigenvalue weighted by atomic mass is 16.6. The molecule has 0 spiro atoms. The van der Waals surface area contributed by atoms with Crippen LogP contribution >= 0.6 is 0 Å². The van der Waals surface area contributed by atoms with Crippen molar-refractivity contribution in [2.24, 2.45) is 0 Å². The molecule has 0 aliphatic carbocycles. The first-order chi connectivity index (χ1) is 12.7. The normalized spacial score (nSPS) is 14.6. The maximum Gasteiger partial charge on any atom is 0.410 e. The van der Waals surface area contributed by atoms with E-state index in [9.17, 15) is 14.4 Å². The quantitative estimate of drug-likeness (QED) is 0.589. The molecule has 8 nitrogen and oxygen atoms in total. The van der Waals surface area contributed by atoms with Gasteiger partial charge in [-0.3, -0.25) is 0 Å². The summed E-state index contributed by atoms with van der Waals surface area (Å²) >= 11 is 0. The van der Waals surface area contributed by atoms with E-state index in [4.69, 9.17) is 14.2 Å². The summed E-state index contributed by atoms with van der Waals surface area (Å²) in [6.45, 7) is 7.66. The van der Waals surface area contributed by atoms with Crippen LogP contribution in [-0.4, -0.2) is 68.9 Å². The summed E-state index contributed by atoms with van der Waals surface area (Å²) in [5, 5.41) is 0. The number of amides is 1. The van der Waals surface area contributed by atoms with Crippen LogP contribution in [0.2, 0.25) is 0 Å². The van der Waals surface area contributed by atoms with Crippen molar-refractivity contribution in [3.63, 3.8) is 0 Å². The van der Waals surface area contributed by atoms with Gasteiger partial charge in [0.25, 0.3) is 0 Å². The average Bonchev–Trinajstić information content (AvgIpc) is 2.65. The van der Waals surface area contributed by atoms with E-state index in [1.165, 1.54) is 14.2 Å². The molecule has 1 heterocycles. The monoisotopic (exact) mass is 378 g/mol. The Morgan fingerprint density at radius 2 is 1.44 bits per heavy atom. The molecular weight excluding hydrogens is 352 g/mol. The van der Waals surface area contributed by atoms with Crippen molar-refractivity contribution < 1.29 is 28.6 Å². The summed E-state index contributed by atoms with van der Waals surface area (Å²) in [6, 6.07) is 4.91. The molecule has 148 valence electrons. The predicted molar refractivity (Wildman–Crippen MR) is 99.1 cm³/mol. The van der Waals surface area contributed by atoms with Gasteiger partial charge in [0.05, 0.1) is 25.3 Å². The summed E-state index contributed by atoms with van der Waals surface area (Å²) in [7, 11) is 2.52. The molecule has 1 aromatic rings. The Morgan fingerprint density at radius 3 is 1.96 bits per heavy atom. The SMILES string of the molecule is COC(=O)c1ccc(N2CCN(C(=O)OC(C)(C)C)CC2)cc1C(=O)OC. The Balaban J connectivity index is 2.13. The Bertz CT molecular complexity index is 717. The zero-order chi connectivity index (χ0) is 20.2. The van der Waals surface area contributed by atoms with Gasteiger partial charge in [0.2, 0.25) is 0 Å². The molecule has 27 heavy (non-hydrogen) atoms. The number of esters is 2. The van der Waals surface area contributed by atoms with Crippen molar-refractivity contribution in [3.8, 4) is 0 Å². The van der Waals surface area contributed by atoms with Crippen molar-refractivity contribution in [2.45, 2.75) is 26.4 Å². The second-order valence-corrected chi connectivity index (χ2v) is 7.17. The van der Waals surface area contributed by atoms with Crippen LogP contribution < -0.4 is 4.90 Å². The molecule has 0 saturated carbocycles. The number of rotatable bonds is 3. The summed E-state index contributed by atoms with van der Waals surface area (Å²) in [5.41, 5.74) is 0.539. The Morgan fingerprint density at radius 1 is 0.889 bits per heavy atom. The third-order valence-electron chi connectivity index (χ3n) is 4.11. The fourth-order valence-electron chi connectivity index (χ4n) is 2.77. The molecule has 1 aliphatic heterocycles. The number of piperazine rings is 1. The molecule has 0 radical (unpaired) electrons. The maximum atomic E-state index is 12.2. The second-order valence-electron chi connectivity index (χ2n) is 7.17. The van der Waals surface area contributed by atoms with Crippen molar-refractivity contribution in [2.75, 3.05) is 45.3 Å². The number of ether oxygens (including phenoxy) is 3. The van der Waals surface area contributed by atoms with E-state index < -0.39 is 17.5 Å². The van der Waals surface area contributed by atoms with Gasteiger partial charge in [-0.1, -0.05) is 0 Å². The number of hydrogen-bond acceptors (Lipinski definition) is 7. The smallest absolute Gasteiger partial charge is 0.410 e. The molecule has 0 atom stereocenters. The maximum absolute atomic E-state index is 12.2. The fourth-order valence-corrected chi connectivity index (χ4v) is 2.77. The Kier molecular flexibility index (Phi) is 6.30. The Hall–Kier alpha value is -2.77. The lowest BCUT2D eigenvalue weighted by atomic mass is 10.1. The molecule has 1 aromatic carbocycles. The van der Waals surface area contributed by atoms with Crippen LogP contribution in [0.5, 0.6) is 0 Å². The van der Waals surface area contributed by atoms with Gasteiger partial charge in [-0.25, -0.2) is 14.4 Å². The number of benzene rings is 1. The molecule has 1 amide bonds. The van der Waals surface area contributed by atoms with Gasteiger partial charge in [0, 0.05) is 31.9 Å². The standard InChI is InChI=1S/C19H26N2O6/c1-19(2,3)27-18(24)21-10-8-20(9-11-21)13-6-7-14(16(22)25-4)15(12-13)17(23)26-5/h6-7,12H,8-11H2,1-5H3. The van der Waals surface area contributed by atoms with Gasteiger partial charge in [0.1, 0.15) is 5.60 Å². The number of anilines is 1. The van der Waals surface area contributed by atoms with Crippen LogP contribution in [-0.2, 0) is 14.2 Å². The molecular formula is C19H26N2O6. The van der Waals surface area contributed by atoms with Gasteiger partial charge < -0.3 is 24.0 Å². The number of hydrogen-bond donors (Lipinski definition) is 0. The molecule has 2 rings (SSSR count). The number of carbonyl (C=O) groups is 3. The summed E-state index contributed by atoms with van der Waals surface area (Å²) < 4.78 is 14.9. The lowest BCUT2D eigenvalue weighted by Crippen LogP contribution is -2.50. The number of nitrogens with zero attached hydrogens (tertiary/aromatic N) is 2.